The SMILES string of the molecule is CC(C)c1cc(-c2ccc(Oc3ccc(OSN(C)Nc4ncns4)cc3C#N)c(-c3ccncc3)c2)cc(C(F)(F)F)c1.S. The number of nitriles is 1. The average Bonchev–Trinajstić information content (AvgIpc) is 3.53. The summed E-state index contributed by atoms with van der Waals surface area (Å²) < 4.78 is 58.8. The standard InChI is InChI=1S/C31H25F3N6O2S2.H2S/c1-19(2)22-12-23(14-25(13-22)31(32,33)34)21-4-6-29(27(16-21)20-8-10-36-11-9-20)41-28-7-5-26(15-24(28)17-35)42-44-40(3)39-30-37-18-38-43-30;/h4-16,18-19H,1-3H3,(H,37,38,39);1H2. The van der Waals surface area contributed by atoms with Gasteiger partial charge in [-0.15, -0.1) is 4.41 Å². The summed E-state index contributed by atoms with van der Waals surface area (Å²) in [4.78, 5) is 8.13. The quantitative estimate of drug-likeness (QED) is 0.0888. The fourth-order valence-electron chi connectivity index (χ4n) is 4.20. The number of nitrogens with zero attached hydrogens (tertiary/aromatic N) is 5. The third kappa shape index (κ3) is 8.46. The zero-order valence-corrected chi connectivity index (χ0v) is 26.8. The van der Waals surface area contributed by atoms with E-state index >= 15 is 0 Å². The van der Waals surface area contributed by atoms with Crippen molar-refractivity contribution in [3.05, 3.63) is 102 Å². The first-order valence-electron chi connectivity index (χ1n) is 13.2. The van der Waals surface area contributed by atoms with Crippen LogP contribution in [0.15, 0.2) is 85.5 Å². The molecular weight excluding hydrogens is 642 g/mol. The van der Waals surface area contributed by atoms with E-state index in [1.54, 1.807) is 78.5 Å². The zero-order chi connectivity index (χ0) is 31.3. The maximum Gasteiger partial charge on any atom is 0.416 e. The summed E-state index contributed by atoms with van der Waals surface area (Å²) in [5.74, 6) is 1.02. The first kappa shape index (κ1) is 33.6. The minimum atomic E-state index is -4.48. The molecule has 0 spiro atoms. The van der Waals surface area contributed by atoms with Gasteiger partial charge in [0.05, 0.1) is 11.1 Å². The smallest absolute Gasteiger partial charge is 0.416 e. The summed E-state index contributed by atoms with van der Waals surface area (Å²) in [6, 6.07) is 19.8. The average molecular weight is 669 g/mol. The van der Waals surface area contributed by atoms with Gasteiger partial charge in [0.25, 0.3) is 0 Å². The van der Waals surface area contributed by atoms with Crippen molar-refractivity contribution < 1.29 is 22.1 Å². The topological polar surface area (TPSA) is 96.2 Å². The van der Waals surface area contributed by atoms with Gasteiger partial charge >= 0.3 is 6.18 Å². The van der Waals surface area contributed by atoms with Gasteiger partial charge in [0.1, 0.15) is 29.6 Å². The molecule has 5 rings (SSSR count). The number of nitrogens with one attached hydrogen (secondary N) is 1. The molecule has 0 saturated heterocycles. The molecule has 5 aromatic rings. The molecule has 45 heavy (non-hydrogen) atoms. The summed E-state index contributed by atoms with van der Waals surface area (Å²) in [6.45, 7) is 3.71. The fourth-order valence-corrected chi connectivity index (χ4v) is 5.15. The van der Waals surface area contributed by atoms with Crippen LogP contribution in [0.25, 0.3) is 22.3 Å². The van der Waals surface area contributed by atoms with Crippen LogP contribution in [0.4, 0.5) is 18.3 Å². The number of anilines is 1. The summed E-state index contributed by atoms with van der Waals surface area (Å²) in [6.07, 6.45) is 0.192. The van der Waals surface area contributed by atoms with E-state index in [0.29, 0.717) is 38.9 Å². The number of hydrazine groups is 1. The lowest BCUT2D eigenvalue weighted by Gasteiger charge is -2.17. The van der Waals surface area contributed by atoms with E-state index in [-0.39, 0.29) is 30.7 Å². The predicted molar refractivity (Wildman–Crippen MR) is 175 cm³/mol. The van der Waals surface area contributed by atoms with Crippen LogP contribution < -0.4 is 14.3 Å². The molecule has 0 unspecified atom stereocenters. The third-order valence-electron chi connectivity index (χ3n) is 6.40. The Morgan fingerprint density at radius 3 is 2.38 bits per heavy atom. The van der Waals surface area contributed by atoms with Gasteiger partial charge < -0.3 is 8.92 Å². The summed E-state index contributed by atoms with van der Waals surface area (Å²) >= 11 is 2.19. The van der Waals surface area contributed by atoms with Crippen molar-refractivity contribution in [3.63, 3.8) is 0 Å². The van der Waals surface area contributed by atoms with E-state index < -0.39 is 11.7 Å². The van der Waals surface area contributed by atoms with Crippen molar-refractivity contribution in [1.29, 1.82) is 5.26 Å². The number of pyridine rings is 1. The van der Waals surface area contributed by atoms with E-state index in [1.807, 2.05) is 13.8 Å². The second kappa shape index (κ2) is 14.7. The van der Waals surface area contributed by atoms with Crippen LogP contribution in [0, 0.1) is 11.3 Å². The molecule has 1 N–H and O–H groups in total. The Kier molecular flexibility index (Phi) is 10.9. The molecule has 14 heteroatoms. The van der Waals surface area contributed by atoms with Gasteiger partial charge in [-0.2, -0.15) is 36.3 Å². The Hall–Kier alpha value is -4.29. The minimum absolute atomic E-state index is 0. The highest BCUT2D eigenvalue weighted by Gasteiger charge is 2.31. The Labute approximate surface area is 273 Å². The Bertz CT molecular complexity index is 1780. The molecule has 0 aliphatic heterocycles. The van der Waals surface area contributed by atoms with Gasteiger partial charge in [0.2, 0.25) is 5.13 Å². The van der Waals surface area contributed by atoms with Gasteiger partial charge in [-0.05, 0) is 76.7 Å². The molecule has 0 radical (unpaired) electrons. The molecule has 8 nitrogen and oxygen atoms in total. The molecule has 0 atom stereocenters. The molecule has 0 bridgehead atoms. The van der Waals surface area contributed by atoms with E-state index in [4.69, 9.17) is 8.92 Å². The van der Waals surface area contributed by atoms with Gasteiger partial charge in [-0.3, -0.25) is 10.4 Å². The normalized spacial score (nSPS) is 11.2. The second-order valence-electron chi connectivity index (χ2n) is 9.83. The Morgan fingerprint density at radius 1 is 0.956 bits per heavy atom. The van der Waals surface area contributed by atoms with Crippen molar-refractivity contribution in [2.24, 2.45) is 0 Å². The number of rotatable bonds is 10. The molecule has 2 heterocycles. The second-order valence-corrected chi connectivity index (χ2v) is 11.5. The van der Waals surface area contributed by atoms with Crippen LogP contribution >= 0.6 is 37.3 Å². The highest BCUT2D eigenvalue weighted by Crippen LogP contribution is 2.40. The van der Waals surface area contributed by atoms with E-state index in [2.05, 4.69) is 25.8 Å². The van der Waals surface area contributed by atoms with Crippen molar-refractivity contribution in [2.75, 3.05) is 12.5 Å². The number of hydrogen-bond acceptors (Lipinski definition) is 10. The van der Waals surface area contributed by atoms with E-state index in [0.717, 1.165) is 23.9 Å². The van der Waals surface area contributed by atoms with Crippen molar-refractivity contribution in [1.82, 2.24) is 18.8 Å². The van der Waals surface area contributed by atoms with Crippen LogP contribution in [-0.2, 0) is 6.18 Å². The van der Waals surface area contributed by atoms with Crippen molar-refractivity contribution in [3.8, 4) is 45.6 Å². The van der Waals surface area contributed by atoms with Gasteiger partial charge in [0.15, 0.2) is 12.2 Å². The molecule has 232 valence electrons. The summed E-state index contributed by atoms with van der Waals surface area (Å²) in [7, 11) is 1.74. The van der Waals surface area contributed by atoms with E-state index in [9.17, 15) is 18.4 Å². The van der Waals surface area contributed by atoms with Crippen LogP contribution in [0.5, 0.6) is 17.2 Å². The highest BCUT2D eigenvalue weighted by molar-refractivity contribution is 7.92. The maximum atomic E-state index is 13.8. The van der Waals surface area contributed by atoms with Crippen LogP contribution in [0.2, 0.25) is 0 Å². The summed E-state index contributed by atoms with van der Waals surface area (Å²) in [5.41, 5.74) is 5.49. The zero-order valence-electron chi connectivity index (χ0n) is 24.2. The molecule has 3 aromatic carbocycles. The lowest BCUT2D eigenvalue weighted by Crippen LogP contribution is -2.18. The molecule has 0 aliphatic rings. The maximum absolute atomic E-state index is 13.8. The molecular formula is C31H27F3N6O2S3. The third-order valence-corrected chi connectivity index (χ3v) is 7.56. The number of alkyl halides is 3. The molecule has 0 aliphatic carbocycles. The lowest BCUT2D eigenvalue weighted by atomic mass is 9.92. The Balaban J connectivity index is 0.00000461. The van der Waals surface area contributed by atoms with Crippen molar-refractivity contribution >= 4 is 42.4 Å². The van der Waals surface area contributed by atoms with Gasteiger partial charge in [0, 0.05) is 42.6 Å². The molecule has 0 saturated carbocycles. The Morgan fingerprint density at radius 2 is 1.71 bits per heavy atom. The molecule has 0 amide bonds. The van der Waals surface area contributed by atoms with Gasteiger partial charge in [-0.1, -0.05) is 26.0 Å². The highest BCUT2D eigenvalue weighted by atomic mass is 32.2. The summed E-state index contributed by atoms with van der Waals surface area (Å²) in [5, 5.41) is 10.5. The number of benzene rings is 3. The largest absolute Gasteiger partial charge is 0.455 e. The number of ether oxygens (including phenoxy) is 1. The van der Waals surface area contributed by atoms with Crippen LogP contribution in [-0.4, -0.2) is 25.8 Å². The van der Waals surface area contributed by atoms with E-state index in [1.165, 1.54) is 23.9 Å². The predicted octanol–water partition coefficient (Wildman–Crippen LogP) is 9.09. The molecule has 0 fully saturated rings. The first-order chi connectivity index (χ1) is 21.1. The van der Waals surface area contributed by atoms with Gasteiger partial charge in [-0.25, -0.2) is 4.98 Å². The van der Waals surface area contributed by atoms with Crippen molar-refractivity contribution in [2.45, 2.75) is 25.9 Å². The number of halogens is 3. The number of hydrogen-bond donors (Lipinski definition) is 1. The van der Waals surface area contributed by atoms with Crippen LogP contribution in [0.1, 0.15) is 36.5 Å². The number of aromatic nitrogens is 3. The first-order valence-corrected chi connectivity index (χ1v) is 14.7. The lowest BCUT2D eigenvalue weighted by molar-refractivity contribution is -0.137. The monoisotopic (exact) mass is 668 g/mol. The fraction of sp³-hybridized carbons (Fsp3) is 0.161. The molecule has 2 aromatic heterocycles. The van der Waals surface area contributed by atoms with Crippen LogP contribution in [0.3, 0.4) is 0 Å². The minimum Gasteiger partial charge on any atom is -0.455 e.